The maximum atomic E-state index is 16.1. The van der Waals surface area contributed by atoms with Crippen molar-refractivity contribution in [2.75, 3.05) is 13.7 Å². The average molecular weight is 1140 g/mol. The van der Waals surface area contributed by atoms with E-state index in [2.05, 4.69) is 48.7 Å². The van der Waals surface area contributed by atoms with E-state index >= 15 is 9.59 Å². The van der Waals surface area contributed by atoms with Crippen molar-refractivity contribution >= 4 is 41.7 Å². The van der Waals surface area contributed by atoms with Crippen LogP contribution in [-0.2, 0) is 57.1 Å². The second kappa shape index (κ2) is 27.5. The lowest BCUT2D eigenvalue weighted by atomic mass is 9.44. The molecule has 18 heteroatoms. The summed E-state index contributed by atoms with van der Waals surface area (Å²) in [5.74, 6) is -7.40. The van der Waals surface area contributed by atoms with E-state index in [4.69, 9.17) is 37.9 Å². The molecule has 5 aliphatic rings. The van der Waals surface area contributed by atoms with E-state index in [1.54, 1.807) is 67.5 Å². The Morgan fingerprint density at radius 3 is 2.12 bits per heavy atom. The molecule has 2 bridgehead atoms. The minimum Gasteiger partial charge on any atom is -0.496 e. The van der Waals surface area contributed by atoms with E-state index in [1.165, 1.54) is 32.2 Å². The highest BCUT2D eigenvalue weighted by Crippen LogP contribution is 2.64. The van der Waals surface area contributed by atoms with Crippen molar-refractivity contribution in [3.05, 3.63) is 89.1 Å². The first kappa shape index (κ1) is 65.0. The zero-order valence-electron chi connectivity index (χ0n) is 50.2. The van der Waals surface area contributed by atoms with Crippen LogP contribution in [0.25, 0.3) is 0 Å². The molecular formula is C64H89NO17. The second-order valence-electron chi connectivity index (χ2n) is 24.6. The highest BCUT2D eigenvalue weighted by Gasteiger charge is 2.78. The zero-order valence-corrected chi connectivity index (χ0v) is 50.2. The lowest BCUT2D eigenvalue weighted by Crippen LogP contribution is -2.82. The second-order valence-corrected chi connectivity index (χ2v) is 24.6. The quantitative estimate of drug-likeness (QED) is 0.0357. The number of hydrogen-bond acceptors (Lipinski definition) is 17. The van der Waals surface area contributed by atoms with E-state index in [9.17, 15) is 34.2 Å². The number of nitrogens with one attached hydrogen (secondary N) is 1. The van der Waals surface area contributed by atoms with Gasteiger partial charge in [0.15, 0.2) is 17.5 Å². The summed E-state index contributed by atoms with van der Waals surface area (Å²) in [5.41, 5.74) is -8.44. The van der Waals surface area contributed by atoms with Crippen molar-refractivity contribution in [1.82, 2.24) is 5.32 Å². The van der Waals surface area contributed by atoms with Gasteiger partial charge >= 0.3 is 35.9 Å². The first-order valence-electron chi connectivity index (χ1n) is 29.2. The number of allylic oxidation sites excluding steroid dienone is 7. The standard InChI is InChI=1S/C64H89NO17/c1-13-14-15-16-17-18-19-20-21-22-23-24-25-26-27-32-49(68)78-51(44(35-39(2)3)65-59(73)82-60(6,7)8)58(72)77-46-37-64(74)55(80-57(71)43-30-28-29-31-45(43)75-12)53-62(11,47(67)36-48-63(53,38-76-48)81-41(5)66)54(69)52(79-56(70)42-33-34-42)50(40(46)4)61(64,9)10/h15-16,18-19,21-22,28-31,35,42,44,46-48,51-53,55,67,74H,13-14,17,20,23-27,32-34,36-38H2,1-12H3,(H,65,73)/b16-15-,19-18-,22-21-/t44-,46-,47-,48+,51+,52+,53?,55-,62+,63-,64+/m0/s1. The van der Waals surface area contributed by atoms with Gasteiger partial charge in [0.25, 0.3) is 0 Å². The van der Waals surface area contributed by atoms with Crippen LogP contribution < -0.4 is 10.1 Å². The van der Waals surface area contributed by atoms with Gasteiger partial charge in [0, 0.05) is 31.6 Å². The van der Waals surface area contributed by atoms with Gasteiger partial charge in [-0.25, -0.2) is 14.4 Å². The highest BCUT2D eigenvalue weighted by molar-refractivity contribution is 5.96. The molecule has 18 nitrogen and oxygen atoms in total. The largest absolute Gasteiger partial charge is 0.496 e. The van der Waals surface area contributed by atoms with E-state index in [0.717, 1.165) is 51.9 Å². The number of fused-ring (bicyclic) bond motifs is 5. The third kappa shape index (κ3) is 14.8. The Kier molecular flexibility index (Phi) is 21.8. The number of rotatable bonds is 25. The SMILES string of the molecule is CCC/C=C\C/C=C\C/C=C\CCCCCCC(=O)O[C@@H](C(=O)O[C@H]1C[C@@]2(O)[C@@H](OC(=O)c3ccccc3OC)C3[C@](C)(C(=O)[C@H](OC(=O)C4CC4)C(=C1C)C2(C)C)[C@@H](O)C[C@H]1OC[C@@]31OC(C)=O)[C@H](C=C(C)C)NC(=O)OC(C)(C)C. The molecule has 4 aliphatic carbocycles. The fourth-order valence-electron chi connectivity index (χ4n) is 12.1. The minimum atomic E-state index is -2.48. The number of unbranched alkanes of at least 4 members (excludes halogenated alkanes) is 5. The first-order valence-corrected chi connectivity index (χ1v) is 29.2. The van der Waals surface area contributed by atoms with Crippen LogP contribution in [0.5, 0.6) is 5.75 Å². The Balaban J connectivity index is 1.40. The van der Waals surface area contributed by atoms with Gasteiger partial charge in [-0.15, -0.1) is 0 Å². The molecule has 0 spiro atoms. The molecule has 1 aromatic rings. The Hall–Kier alpha value is -6.11. The zero-order chi connectivity index (χ0) is 60.4. The normalized spacial score (nSPS) is 28.3. The van der Waals surface area contributed by atoms with Gasteiger partial charge in [0.2, 0.25) is 6.10 Å². The third-order valence-electron chi connectivity index (χ3n) is 16.6. The van der Waals surface area contributed by atoms with Gasteiger partial charge < -0.3 is 53.4 Å². The van der Waals surface area contributed by atoms with E-state index in [-0.39, 0.29) is 41.9 Å². The molecule has 1 unspecified atom stereocenters. The van der Waals surface area contributed by atoms with Gasteiger partial charge in [0.1, 0.15) is 40.8 Å². The number of ketones is 1. The predicted molar refractivity (Wildman–Crippen MR) is 304 cm³/mol. The summed E-state index contributed by atoms with van der Waals surface area (Å²) in [6, 6.07) is 4.80. The number of carbonyl (C=O) groups is 7. The summed E-state index contributed by atoms with van der Waals surface area (Å²) in [5, 5.41) is 29.2. The predicted octanol–water partition coefficient (Wildman–Crippen LogP) is 9.96. The number of aliphatic hydroxyl groups excluding tert-OH is 1. The lowest BCUT2D eigenvalue weighted by molar-refractivity contribution is -0.346. The van der Waals surface area contributed by atoms with Gasteiger partial charge in [-0.1, -0.05) is 100 Å². The van der Waals surface area contributed by atoms with Crippen molar-refractivity contribution < 1.29 is 81.7 Å². The number of esters is 5. The van der Waals surface area contributed by atoms with Crippen LogP contribution in [0.15, 0.2) is 83.5 Å². The fraction of sp³-hybridized carbons (Fsp3) is 0.641. The van der Waals surface area contributed by atoms with Crippen molar-refractivity contribution in [1.29, 1.82) is 0 Å². The number of benzene rings is 1. The molecule has 452 valence electrons. The summed E-state index contributed by atoms with van der Waals surface area (Å²) in [6.07, 6.45) is 11.4. The Bertz CT molecular complexity index is 2650. The molecule has 1 aromatic carbocycles. The summed E-state index contributed by atoms with van der Waals surface area (Å²) in [6.45, 7) is 17.5. The summed E-state index contributed by atoms with van der Waals surface area (Å²) < 4.78 is 48.7. The summed E-state index contributed by atoms with van der Waals surface area (Å²) in [4.78, 5) is 101. The smallest absolute Gasteiger partial charge is 0.408 e. The van der Waals surface area contributed by atoms with E-state index in [0.29, 0.717) is 31.3 Å². The first-order chi connectivity index (χ1) is 38.7. The average Bonchev–Trinajstić information content (AvgIpc) is 1.17. The molecule has 4 fully saturated rings. The molecule has 1 saturated heterocycles. The van der Waals surface area contributed by atoms with Crippen LogP contribution in [-0.4, -0.2) is 125 Å². The topological polar surface area (TPSA) is 246 Å². The lowest BCUT2D eigenvalue weighted by Gasteiger charge is -2.67. The number of carbonyl (C=O) groups excluding carboxylic acids is 7. The number of aliphatic hydroxyl groups is 2. The highest BCUT2D eigenvalue weighted by atomic mass is 16.6. The maximum absolute atomic E-state index is 16.1. The van der Waals surface area contributed by atoms with Gasteiger partial charge in [-0.3, -0.25) is 19.2 Å². The van der Waals surface area contributed by atoms with Crippen LogP contribution in [0, 0.1) is 22.7 Å². The molecular weight excluding hydrogens is 1050 g/mol. The maximum Gasteiger partial charge on any atom is 0.408 e. The fourth-order valence-corrected chi connectivity index (χ4v) is 12.1. The number of ether oxygens (including phenoxy) is 8. The molecule has 1 amide bonds. The number of alkyl carbamates (subject to hydrolysis) is 1. The molecule has 1 heterocycles. The Labute approximate surface area is 483 Å². The molecule has 1 aliphatic heterocycles. The van der Waals surface area contributed by atoms with Crippen molar-refractivity contribution in [2.45, 2.75) is 226 Å². The summed E-state index contributed by atoms with van der Waals surface area (Å²) in [7, 11) is 1.35. The molecule has 0 radical (unpaired) electrons. The molecule has 3 N–H and O–H groups in total. The van der Waals surface area contributed by atoms with Gasteiger partial charge in [0.05, 0.1) is 43.1 Å². The number of para-hydroxylation sites is 1. The Morgan fingerprint density at radius 1 is 0.878 bits per heavy atom. The van der Waals surface area contributed by atoms with Crippen molar-refractivity contribution in [3.8, 4) is 5.75 Å². The van der Waals surface area contributed by atoms with Crippen molar-refractivity contribution in [2.24, 2.45) is 22.7 Å². The van der Waals surface area contributed by atoms with Crippen LogP contribution in [0.1, 0.15) is 176 Å². The molecule has 11 atom stereocenters. The molecule has 0 aromatic heterocycles. The Morgan fingerprint density at radius 2 is 1.52 bits per heavy atom. The third-order valence-corrected chi connectivity index (χ3v) is 16.6. The molecule has 3 saturated carbocycles. The van der Waals surface area contributed by atoms with E-state index in [1.807, 2.05) is 0 Å². The molecule has 6 rings (SSSR count). The van der Waals surface area contributed by atoms with Gasteiger partial charge in [-0.2, -0.15) is 0 Å². The minimum absolute atomic E-state index is 0.00351. The van der Waals surface area contributed by atoms with E-state index < -0.39 is 130 Å². The van der Waals surface area contributed by atoms with Crippen LogP contribution in [0.3, 0.4) is 0 Å². The van der Waals surface area contributed by atoms with Crippen LogP contribution in [0.2, 0.25) is 0 Å². The number of amides is 1. The number of methoxy groups -OCH3 is 1. The molecule has 82 heavy (non-hydrogen) atoms. The monoisotopic (exact) mass is 1140 g/mol. The number of hydrogen-bond donors (Lipinski definition) is 3. The van der Waals surface area contributed by atoms with Crippen LogP contribution >= 0.6 is 0 Å². The van der Waals surface area contributed by atoms with Crippen molar-refractivity contribution in [3.63, 3.8) is 0 Å². The number of Topliss-reactive ketones (excluding diaryl/α,β-unsaturated/α-hetero) is 1. The van der Waals surface area contributed by atoms with Gasteiger partial charge in [-0.05, 0) is 123 Å². The van der Waals surface area contributed by atoms with Crippen LogP contribution in [0.4, 0.5) is 4.79 Å². The summed E-state index contributed by atoms with van der Waals surface area (Å²) >= 11 is 0.